The molecule has 4 rings (SSSR count). The van der Waals surface area contributed by atoms with Crippen molar-refractivity contribution >= 4 is 42.1 Å². The highest BCUT2D eigenvalue weighted by molar-refractivity contribution is 7.52. The molecule has 2 aliphatic rings. The molecule has 0 amide bonds. The van der Waals surface area contributed by atoms with Gasteiger partial charge in [-0.2, -0.15) is 9.97 Å². The van der Waals surface area contributed by atoms with Crippen molar-refractivity contribution in [3.63, 3.8) is 0 Å². The zero-order valence-electron chi connectivity index (χ0n) is 18.8. The smallest absolute Gasteiger partial charge is 0.356 e. The lowest BCUT2D eigenvalue weighted by molar-refractivity contribution is -0.147. The van der Waals surface area contributed by atoms with Crippen molar-refractivity contribution in [1.82, 2.24) is 19.5 Å². The first-order valence-electron chi connectivity index (χ1n) is 11.0. The fourth-order valence-corrected chi connectivity index (χ4v) is 4.84. The van der Waals surface area contributed by atoms with Crippen LogP contribution in [0.1, 0.15) is 38.8 Å². The quantitative estimate of drug-likeness (QED) is 0.147. The number of aliphatic hydroxyl groups is 2. The van der Waals surface area contributed by atoms with Gasteiger partial charge in [0.2, 0.25) is 12.1 Å². The minimum atomic E-state index is -4.21. The first-order valence-corrected chi connectivity index (χ1v) is 13.1. The number of nitrogens with zero attached hydrogens (tertiary/aromatic N) is 4. The number of carbonyl (C=O) groups excluding carboxylic acids is 1. The van der Waals surface area contributed by atoms with Crippen molar-refractivity contribution in [3.8, 4) is 0 Å². The molecule has 1 aliphatic heterocycles. The molecule has 0 spiro atoms. The summed E-state index contributed by atoms with van der Waals surface area (Å²) in [5.41, 5.74) is 0.750. The van der Waals surface area contributed by atoms with Crippen LogP contribution < -0.4 is 5.32 Å². The number of rotatable bonds is 10. The summed E-state index contributed by atoms with van der Waals surface area (Å²) in [5, 5.41) is 24.4. The molecule has 2 aromatic rings. The minimum Gasteiger partial charge on any atom is -0.438 e. The number of aromatic nitrogens is 4. The molecule has 14 nitrogen and oxygen atoms in total. The van der Waals surface area contributed by atoms with Crippen LogP contribution in [0.15, 0.2) is 6.33 Å². The highest BCUT2D eigenvalue weighted by atomic mass is 35.5. The predicted octanol–water partition coefficient (Wildman–Crippen LogP) is 1.15. The summed E-state index contributed by atoms with van der Waals surface area (Å²) in [4.78, 5) is 33.3. The highest BCUT2D eigenvalue weighted by Gasteiger charge is 2.44. The van der Waals surface area contributed by atoms with Gasteiger partial charge in [-0.15, -0.1) is 0 Å². The zero-order valence-corrected chi connectivity index (χ0v) is 20.5. The van der Waals surface area contributed by atoms with Crippen molar-refractivity contribution in [2.24, 2.45) is 0 Å². The Bertz CT molecular complexity index is 1100. The molecule has 4 N–H and O–H groups in total. The summed E-state index contributed by atoms with van der Waals surface area (Å²) in [6, 6.07) is 0.256. The van der Waals surface area contributed by atoms with Crippen LogP contribution in [0.25, 0.3) is 11.2 Å². The van der Waals surface area contributed by atoms with E-state index in [1.54, 1.807) is 0 Å². The number of halogens is 1. The van der Waals surface area contributed by atoms with Gasteiger partial charge in [-0.25, -0.2) is 4.98 Å². The van der Waals surface area contributed by atoms with Crippen molar-refractivity contribution in [2.45, 2.75) is 63.2 Å². The third-order valence-electron chi connectivity index (χ3n) is 5.75. The SMILES string of the molecule is CC(=O)OCOP(=O)(O)COC[C@H]1O[C@@H](n2cnc3c(NC4CCCC4)nc(Cl)nc32)[C@H](O)[C@@H]1O. The van der Waals surface area contributed by atoms with Gasteiger partial charge in [0.1, 0.15) is 24.7 Å². The molecule has 0 bridgehead atoms. The van der Waals surface area contributed by atoms with Gasteiger partial charge < -0.3 is 34.6 Å². The van der Waals surface area contributed by atoms with Crippen LogP contribution in [0.2, 0.25) is 5.28 Å². The molecule has 5 atom stereocenters. The summed E-state index contributed by atoms with van der Waals surface area (Å²) in [6.45, 7) is 0.0949. The van der Waals surface area contributed by atoms with E-state index in [9.17, 15) is 24.5 Å². The number of aliphatic hydroxyl groups excluding tert-OH is 2. The van der Waals surface area contributed by atoms with E-state index in [0.29, 0.717) is 17.0 Å². The molecule has 16 heteroatoms. The molecule has 1 saturated heterocycles. The summed E-state index contributed by atoms with van der Waals surface area (Å²) >= 11 is 6.14. The van der Waals surface area contributed by atoms with Crippen LogP contribution in [0.5, 0.6) is 0 Å². The van der Waals surface area contributed by atoms with E-state index in [-0.39, 0.29) is 17.9 Å². The van der Waals surface area contributed by atoms with E-state index < -0.39 is 51.2 Å². The predicted molar refractivity (Wildman–Crippen MR) is 120 cm³/mol. The van der Waals surface area contributed by atoms with Gasteiger partial charge in [-0.3, -0.25) is 18.5 Å². The number of esters is 1. The Morgan fingerprint density at radius 3 is 2.77 bits per heavy atom. The Morgan fingerprint density at radius 1 is 1.31 bits per heavy atom. The van der Waals surface area contributed by atoms with Crippen LogP contribution in [-0.2, 0) is 28.1 Å². The van der Waals surface area contributed by atoms with E-state index in [2.05, 4.69) is 29.5 Å². The summed E-state index contributed by atoms with van der Waals surface area (Å²) in [7, 11) is -4.21. The average molecular weight is 536 g/mol. The fraction of sp³-hybridized carbons (Fsp3) is 0.684. The monoisotopic (exact) mass is 535 g/mol. The van der Waals surface area contributed by atoms with Crippen molar-refractivity contribution < 1.29 is 43.2 Å². The second-order valence-electron chi connectivity index (χ2n) is 8.36. The van der Waals surface area contributed by atoms with E-state index in [0.717, 1.165) is 32.6 Å². The van der Waals surface area contributed by atoms with E-state index in [1.165, 1.54) is 10.9 Å². The summed E-state index contributed by atoms with van der Waals surface area (Å²) in [5.74, 6) is -0.195. The highest BCUT2D eigenvalue weighted by Crippen LogP contribution is 2.42. The second kappa shape index (κ2) is 11.0. The molecular weight excluding hydrogens is 509 g/mol. The molecule has 2 aromatic heterocycles. The van der Waals surface area contributed by atoms with Gasteiger partial charge in [0.25, 0.3) is 0 Å². The van der Waals surface area contributed by atoms with Crippen molar-refractivity contribution in [2.75, 3.05) is 25.1 Å². The molecule has 0 radical (unpaired) electrons. The van der Waals surface area contributed by atoms with Gasteiger partial charge in [0.15, 0.2) is 23.2 Å². The molecular formula is C19H27ClN5O9P. The molecule has 1 saturated carbocycles. The zero-order chi connectivity index (χ0) is 25.2. The number of imidazole rings is 1. The Morgan fingerprint density at radius 2 is 2.06 bits per heavy atom. The largest absolute Gasteiger partial charge is 0.438 e. The minimum absolute atomic E-state index is 0.0138. The Kier molecular flexibility index (Phi) is 8.23. The Balaban J connectivity index is 1.41. The first-order chi connectivity index (χ1) is 16.6. The second-order valence-corrected chi connectivity index (χ2v) is 10.5. The van der Waals surface area contributed by atoms with Gasteiger partial charge in [0, 0.05) is 13.0 Å². The van der Waals surface area contributed by atoms with E-state index in [1.807, 2.05) is 0 Å². The molecule has 0 aromatic carbocycles. The van der Waals surface area contributed by atoms with Crippen molar-refractivity contribution in [1.29, 1.82) is 0 Å². The van der Waals surface area contributed by atoms with Gasteiger partial charge in [-0.05, 0) is 24.4 Å². The number of nitrogens with one attached hydrogen (secondary N) is 1. The van der Waals surface area contributed by atoms with Crippen LogP contribution >= 0.6 is 19.2 Å². The van der Waals surface area contributed by atoms with Crippen molar-refractivity contribution in [3.05, 3.63) is 11.6 Å². The Hall–Kier alpha value is -1.90. The van der Waals surface area contributed by atoms with Gasteiger partial charge in [0.05, 0.1) is 12.9 Å². The van der Waals surface area contributed by atoms with Crippen LogP contribution in [-0.4, -0.2) is 84.7 Å². The third kappa shape index (κ3) is 6.27. The third-order valence-corrected chi connectivity index (χ3v) is 6.94. The number of hydrogen-bond acceptors (Lipinski definition) is 12. The number of carbonyl (C=O) groups is 1. The number of fused-ring (bicyclic) bond motifs is 1. The van der Waals surface area contributed by atoms with Gasteiger partial charge >= 0.3 is 13.6 Å². The van der Waals surface area contributed by atoms with Crippen LogP contribution in [0.3, 0.4) is 0 Å². The number of ether oxygens (including phenoxy) is 3. The summed E-state index contributed by atoms with van der Waals surface area (Å²) < 4.78 is 33.3. The summed E-state index contributed by atoms with van der Waals surface area (Å²) in [6.07, 6.45) is 0.0922. The molecule has 3 heterocycles. The first kappa shape index (κ1) is 26.2. The van der Waals surface area contributed by atoms with E-state index >= 15 is 0 Å². The molecule has 194 valence electrons. The lowest BCUT2D eigenvalue weighted by Gasteiger charge is -2.17. The van der Waals surface area contributed by atoms with Crippen LogP contribution in [0, 0.1) is 0 Å². The maximum atomic E-state index is 11.9. The molecule has 1 aliphatic carbocycles. The number of anilines is 1. The molecule has 2 fully saturated rings. The average Bonchev–Trinajstić information content (AvgIpc) is 3.50. The van der Waals surface area contributed by atoms with Gasteiger partial charge in [-0.1, -0.05) is 12.8 Å². The maximum Gasteiger partial charge on any atom is 0.356 e. The van der Waals surface area contributed by atoms with Crippen LogP contribution in [0.4, 0.5) is 5.82 Å². The normalized spacial score (nSPS) is 26.8. The molecule has 35 heavy (non-hydrogen) atoms. The lowest BCUT2D eigenvalue weighted by Crippen LogP contribution is -2.34. The van der Waals surface area contributed by atoms with E-state index in [4.69, 9.17) is 21.1 Å². The standard InChI is InChI=1S/C19H27ClN5O9P/c1-10(26)32-8-33-35(29,30)9-31-6-12-14(27)15(28)18(34-12)25-7-21-13-16(22-11-4-2-3-5-11)23-19(20)24-17(13)25/h7,11-12,14-15,18,27-28H,2-6,8-9H2,1H3,(H,29,30)(H,22,23,24)/t12-,14-,15-,18-/m1/s1. The Labute approximate surface area is 205 Å². The topological polar surface area (TPSA) is 187 Å². The number of hydrogen-bond donors (Lipinski definition) is 4. The lowest BCUT2D eigenvalue weighted by atomic mass is 10.1. The molecule has 1 unspecified atom stereocenters. The maximum absolute atomic E-state index is 11.9. The fourth-order valence-electron chi connectivity index (χ4n) is 4.05.